The molecule has 1 aromatic rings. The molecule has 1 fully saturated rings. The standard InChI is InChI=1S/C12H21ClN4O/c1-10(9-17-3-5-18-6-4-17)14-8-12-15-7-11(13)16(12)2/h7,10,14H,3-6,8-9H2,1-2H3. The number of halogens is 1. The summed E-state index contributed by atoms with van der Waals surface area (Å²) in [4.78, 5) is 6.69. The second kappa shape index (κ2) is 6.52. The summed E-state index contributed by atoms with van der Waals surface area (Å²) in [5, 5.41) is 4.15. The Morgan fingerprint density at radius 3 is 2.83 bits per heavy atom. The molecule has 1 saturated heterocycles. The van der Waals surface area contributed by atoms with Crippen molar-refractivity contribution in [3.8, 4) is 0 Å². The average molecular weight is 273 g/mol. The van der Waals surface area contributed by atoms with Gasteiger partial charge in [0.15, 0.2) is 0 Å². The number of ether oxygens (including phenoxy) is 1. The molecule has 0 amide bonds. The molecule has 102 valence electrons. The molecule has 1 aromatic heterocycles. The van der Waals surface area contributed by atoms with E-state index in [1.54, 1.807) is 6.20 Å². The summed E-state index contributed by atoms with van der Waals surface area (Å²) in [6, 6.07) is 0.429. The molecule has 0 saturated carbocycles. The minimum absolute atomic E-state index is 0.429. The van der Waals surface area contributed by atoms with Crippen molar-refractivity contribution < 1.29 is 4.74 Å². The Morgan fingerprint density at radius 2 is 2.22 bits per heavy atom. The van der Waals surface area contributed by atoms with Crippen molar-refractivity contribution in [3.63, 3.8) is 0 Å². The molecule has 1 N–H and O–H groups in total. The van der Waals surface area contributed by atoms with Gasteiger partial charge >= 0.3 is 0 Å². The van der Waals surface area contributed by atoms with Gasteiger partial charge in [0, 0.05) is 32.7 Å². The third-order valence-electron chi connectivity index (χ3n) is 3.27. The van der Waals surface area contributed by atoms with E-state index >= 15 is 0 Å². The van der Waals surface area contributed by atoms with Crippen LogP contribution in [0.5, 0.6) is 0 Å². The second-order valence-electron chi connectivity index (χ2n) is 4.75. The molecule has 0 spiro atoms. The first-order valence-electron chi connectivity index (χ1n) is 6.36. The van der Waals surface area contributed by atoms with Crippen LogP contribution in [0, 0.1) is 0 Å². The Kier molecular flexibility index (Phi) is 5.00. The summed E-state index contributed by atoms with van der Waals surface area (Å²) in [7, 11) is 1.93. The molecule has 1 unspecified atom stereocenters. The molecule has 18 heavy (non-hydrogen) atoms. The zero-order valence-electron chi connectivity index (χ0n) is 11.0. The van der Waals surface area contributed by atoms with Crippen molar-refractivity contribution >= 4 is 11.6 Å². The van der Waals surface area contributed by atoms with Crippen molar-refractivity contribution in [2.45, 2.75) is 19.5 Å². The van der Waals surface area contributed by atoms with Crippen LogP contribution in [0.1, 0.15) is 12.7 Å². The van der Waals surface area contributed by atoms with Crippen LogP contribution in [-0.4, -0.2) is 53.3 Å². The van der Waals surface area contributed by atoms with E-state index in [1.165, 1.54) is 0 Å². The molecule has 2 heterocycles. The fourth-order valence-corrected chi connectivity index (χ4v) is 2.24. The van der Waals surface area contributed by atoms with Gasteiger partial charge in [-0.3, -0.25) is 4.90 Å². The first kappa shape index (κ1) is 13.8. The van der Waals surface area contributed by atoms with Crippen LogP contribution < -0.4 is 5.32 Å². The third-order valence-corrected chi connectivity index (χ3v) is 3.62. The van der Waals surface area contributed by atoms with E-state index in [1.807, 2.05) is 11.6 Å². The van der Waals surface area contributed by atoms with E-state index in [9.17, 15) is 0 Å². The lowest BCUT2D eigenvalue weighted by molar-refractivity contribution is 0.0343. The summed E-state index contributed by atoms with van der Waals surface area (Å²) >= 11 is 5.95. The van der Waals surface area contributed by atoms with Crippen molar-refractivity contribution in [1.82, 2.24) is 19.8 Å². The maximum absolute atomic E-state index is 5.95. The first-order valence-corrected chi connectivity index (χ1v) is 6.74. The molecule has 2 rings (SSSR count). The van der Waals surface area contributed by atoms with Crippen molar-refractivity contribution in [3.05, 3.63) is 17.2 Å². The number of hydrogen-bond donors (Lipinski definition) is 1. The summed E-state index contributed by atoms with van der Waals surface area (Å²) < 4.78 is 7.24. The Bertz CT molecular complexity index is 376. The smallest absolute Gasteiger partial charge is 0.128 e. The van der Waals surface area contributed by atoms with Crippen LogP contribution in [0.4, 0.5) is 0 Å². The van der Waals surface area contributed by atoms with Crippen molar-refractivity contribution in [2.24, 2.45) is 7.05 Å². The van der Waals surface area contributed by atoms with E-state index in [0.717, 1.165) is 45.2 Å². The number of rotatable bonds is 5. The summed E-state index contributed by atoms with van der Waals surface area (Å²) in [6.45, 7) is 7.74. The highest BCUT2D eigenvalue weighted by atomic mass is 35.5. The second-order valence-corrected chi connectivity index (χ2v) is 5.14. The monoisotopic (exact) mass is 272 g/mol. The maximum atomic E-state index is 5.95. The molecule has 0 aliphatic carbocycles. The number of morpholine rings is 1. The Hall–Kier alpha value is -0.620. The zero-order valence-corrected chi connectivity index (χ0v) is 11.8. The van der Waals surface area contributed by atoms with Crippen LogP contribution in [0.2, 0.25) is 5.15 Å². The first-order chi connectivity index (χ1) is 8.66. The van der Waals surface area contributed by atoms with Crippen molar-refractivity contribution in [2.75, 3.05) is 32.8 Å². The topological polar surface area (TPSA) is 42.3 Å². The van der Waals surface area contributed by atoms with Gasteiger partial charge in [0.1, 0.15) is 11.0 Å². The molecule has 1 aliphatic rings. The highest BCUT2D eigenvalue weighted by Crippen LogP contribution is 2.08. The normalized spacial score (nSPS) is 19.1. The average Bonchev–Trinajstić information content (AvgIpc) is 2.69. The van der Waals surface area contributed by atoms with Crippen LogP contribution in [0.15, 0.2) is 6.20 Å². The molecule has 5 nitrogen and oxygen atoms in total. The van der Waals surface area contributed by atoms with Gasteiger partial charge < -0.3 is 14.6 Å². The van der Waals surface area contributed by atoms with Gasteiger partial charge in [-0.25, -0.2) is 4.98 Å². The van der Waals surface area contributed by atoms with E-state index in [4.69, 9.17) is 16.3 Å². The van der Waals surface area contributed by atoms with Crippen molar-refractivity contribution in [1.29, 1.82) is 0 Å². The summed E-state index contributed by atoms with van der Waals surface area (Å²) in [5.74, 6) is 0.967. The van der Waals surface area contributed by atoms with Gasteiger partial charge in [-0.1, -0.05) is 11.6 Å². The molecule has 0 aromatic carbocycles. The quantitative estimate of drug-likeness (QED) is 0.864. The Balaban J connectivity index is 1.74. The van der Waals surface area contributed by atoms with E-state index in [0.29, 0.717) is 11.2 Å². The van der Waals surface area contributed by atoms with Crippen LogP contribution >= 0.6 is 11.6 Å². The highest BCUT2D eigenvalue weighted by Gasteiger charge is 2.14. The molecule has 1 aliphatic heterocycles. The highest BCUT2D eigenvalue weighted by molar-refractivity contribution is 6.29. The maximum Gasteiger partial charge on any atom is 0.128 e. The number of imidazole rings is 1. The molecule has 0 radical (unpaired) electrons. The molecular weight excluding hydrogens is 252 g/mol. The number of hydrogen-bond acceptors (Lipinski definition) is 4. The Morgan fingerprint density at radius 1 is 1.50 bits per heavy atom. The number of aromatic nitrogens is 2. The molecule has 0 bridgehead atoms. The van der Waals surface area contributed by atoms with Gasteiger partial charge in [-0.2, -0.15) is 0 Å². The fraction of sp³-hybridized carbons (Fsp3) is 0.750. The lowest BCUT2D eigenvalue weighted by atomic mass is 10.3. The van der Waals surface area contributed by atoms with Gasteiger partial charge in [0.2, 0.25) is 0 Å². The minimum atomic E-state index is 0.429. The van der Waals surface area contributed by atoms with Crippen LogP contribution in [0.25, 0.3) is 0 Å². The van der Waals surface area contributed by atoms with Crippen LogP contribution in [0.3, 0.4) is 0 Å². The van der Waals surface area contributed by atoms with E-state index in [-0.39, 0.29) is 0 Å². The predicted molar refractivity (Wildman–Crippen MR) is 71.8 cm³/mol. The van der Waals surface area contributed by atoms with Gasteiger partial charge in [-0.15, -0.1) is 0 Å². The SMILES string of the molecule is CC(CN1CCOCC1)NCc1ncc(Cl)n1C. The summed E-state index contributed by atoms with van der Waals surface area (Å²) in [5.41, 5.74) is 0. The van der Waals surface area contributed by atoms with Gasteiger partial charge in [0.05, 0.1) is 26.0 Å². The number of nitrogens with one attached hydrogen (secondary N) is 1. The largest absolute Gasteiger partial charge is 0.379 e. The molecular formula is C12H21ClN4O. The minimum Gasteiger partial charge on any atom is -0.379 e. The zero-order chi connectivity index (χ0) is 13.0. The molecule has 1 atom stereocenters. The van der Waals surface area contributed by atoms with E-state index < -0.39 is 0 Å². The lowest BCUT2D eigenvalue weighted by Crippen LogP contribution is -2.44. The fourth-order valence-electron chi connectivity index (χ4n) is 2.09. The lowest BCUT2D eigenvalue weighted by Gasteiger charge is -2.29. The van der Waals surface area contributed by atoms with Gasteiger partial charge in [0.25, 0.3) is 0 Å². The Labute approximate surface area is 113 Å². The van der Waals surface area contributed by atoms with Crippen LogP contribution in [-0.2, 0) is 18.3 Å². The number of nitrogens with zero attached hydrogens (tertiary/aromatic N) is 3. The van der Waals surface area contributed by atoms with Gasteiger partial charge in [-0.05, 0) is 6.92 Å². The predicted octanol–water partition coefficient (Wildman–Crippen LogP) is 0.884. The summed E-state index contributed by atoms with van der Waals surface area (Å²) in [6.07, 6.45) is 1.69. The molecule has 6 heteroatoms. The van der Waals surface area contributed by atoms with E-state index in [2.05, 4.69) is 22.1 Å². The third kappa shape index (κ3) is 3.68.